The Labute approximate surface area is 191 Å². The van der Waals surface area contributed by atoms with Gasteiger partial charge in [-0.1, -0.05) is 92.7 Å². The highest BCUT2D eigenvalue weighted by molar-refractivity contribution is 7.22. The van der Waals surface area contributed by atoms with Crippen molar-refractivity contribution in [3.05, 3.63) is 102 Å². The summed E-state index contributed by atoms with van der Waals surface area (Å²) >= 11 is 1.92. The third-order valence-corrected chi connectivity index (χ3v) is 8.24. The van der Waals surface area contributed by atoms with Gasteiger partial charge in [0.2, 0.25) is 0 Å². The highest BCUT2D eigenvalue weighted by atomic mass is 32.1. The summed E-state index contributed by atoms with van der Waals surface area (Å²) < 4.78 is 1.36. The van der Waals surface area contributed by atoms with E-state index in [0.717, 1.165) is 11.2 Å². The van der Waals surface area contributed by atoms with Gasteiger partial charge in [0, 0.05) is 36.9 Å². The Morgan fingerprint density at radius 3 is 2.19 bits per heavy atom. The number of benzene rings is 4. The van der Waals surface area contributed by atoms with E-state index in [2.05, 4.69) is 105 Å². The van der Waals surface area contributed by atoms with Gasteiger partial charge in [0.05, 0.1) is 11.2 Å². The molecule has 0 fully saturated rings. The molecule has 0 atom stereocenters. The normalized spacial score (nSPS) is 14.2. The molecule has 0 saturated carbocycles. The highest BCUT2D eigenvalue weighted by Gasteiger charge is 2.40. The molecular formula is C30H21NS. The first-order valence-electron chi connectivity index (χ1n) is 11.1. The molecule has 0 radical (unpaired) electrons. The molecule has 0 spiro atoms. The fourth-order valence-electron chi connectivity index (χ4n) is 5.60. The van der Waals surface area contributed by atoms with E-state index in [1.807, 2.05) is 11.3 Å². The Hall–Kier alpha value is -3.49. The van der Waals surface area contributed by atoms with Crippen molar-refractivity contribution >= 4 is 43.1 Å². The zero-order valence-electron chi connectivity index (χ0n) is 18.0. The molecule has 1 aliphatic rings. The molecule has 32 heavy (non-hydrogen) atoms. The van der Waals surface area contributed by atoms with E-state index < -0.39 is 0 Å². The van der Waals surface area contributed by atoms with Crippen LogP contribution in [0.5, 0.6) is 0 Å². The molecular weight excluding hydrogens is 406 g/mol. The summed E-state index contributed by atoms with van der Waals surface area (Å²) in [4.78, 5) is 6.63. The first-order valence-corrected chi connectivity index (χ1v) is 11.9. The third-order valence-electron chi connectivity index (χ3n) is 7.05. The number of nitrogens with zero attached hydrogens (tertiary/aromatic N) is 1. The standard InChI is InChI=1S/C30H21NS/c1-30(2)23-15-9-14-22(26(23)29-27(30)21-13-6-8-17-25(21)32-29)28-20-12-4-3-10-18(20)19-11-5-7-16-24(19)31-28/h3-17H,1-2H3. The molecule has 152 valence electrons. The number of para-hydroxylation sites is 1. The van der Waals surface area contributed by atoms with Crippen molar-refractivity contribution in [1.29, 1.82) is 0 Å². The SMILES string of the molecule is CC1(C)c2cccc(-c3nc4ccccc4c4ccccc34)c2-c2sc3ccccc3c21. The van der Waals surface area contributed by atoms with E-state index in [9.17, 15) is 0 Å². The van der Waals surface area contributed by atoms with Gasteiger partial charge in [0.25, 0.3) is 0 Å². The van der Waals surface area contributed by atoms with Crippen LogP contribution >= 0.6 is 11.3 Å². The first kappa shape index (κ1) is 18.1. The lowest BCUT2D eigenvalue weighted by Gasteiger charge is -2.22. The summed E-state index contributed by atoms with van der Waals surface area (Å²) in [5.41, 5.74) is 7.56. The monoisotopic (exact) mass is 427 g/mol. The van der Waals surface area contributed by atoms with Crippen LogP contribution in [0, 0.1) is 0 Å². The van der Waals surface area contributed by atoms with Gasteiger partial charge in [0.15, 0.2) is 0 Å². The molecule has 2 aromatic heterocycles. The van der Waals surface area contributed by atoms with Crippen LogP contribution in [0.4, 0.5) is 0 Å². The maximum Gasteiger partial charge on any atom is 0.0794 e. The fraction of sp³-hybridized carbons (Fsp3) is 0.100. The molecule has 1 nitrogen and oxygen atoms in total. The molecule has 0 bridgehead atoms. The topological polar surface area (TPSA) is 12.9 Å². The van der Waals surface area contributed by atoms with Crippen molar-refractivity contribution in [2.45, 2.75) is 19.3 Å². The largest absolute Gasteiger partial charge is 0.247 e. The quantitative estimate of drug-likeness (QED) is 0.239. The van der Waals surface area contributed by atoms with E-state index in [-0.39, 0.29) is 5.41 Å². The minimum absolute atomic E-state index is 0.0348. The molecule has 7 rings (SSSR count). The first-order chi connectivity index (χ1) is 15.6. The lowest BCUT2D eigenvalue weighted by Crippen LogP contribution is -2.14. The Bertz CT molecular complexity index is 1700. The van der Waals surface area contributed by atoms with Crippen molar-refractivity contribution in [2.75, 3.05) is 0 Å². The van der Waals surface area contributed by atoms with Gasteiger partial charge in [-0.15, -0.1) is 11.3 Å². The molecule has 0 saturated heterocycles. The van der Waals surface area contributed by atoms with E-state index in [4.69, 9.17) is 4.98 Å². The average molecular weight is 428 g/mol. The van der Waals surface area contributed by atoms with E-state index in [1.54, 1.807) is 0 Å². The summed E-state index contributed by atoms with van der Waals surface area (Å²) in [7, 11) is 0. The smallest absolute Gasteiger partial charge is 0.0794 e. The molecule has 1 aliphatic carbocycles. The number of hydrogen-bond acceptors (Lipinski definition) is 2. The molecule has 0 N–H and O–H groups in total. The van der Waals surface area contributed by atoms with Crippen LogP contribution in [0.2, 0.25) is 0 Å². The van der Waals surface area contributed by atoms with E-state index >= 15 is 0 Å². The van der Waals surface area contributed by atoms with E-state index in [1.165, 1.54) is 53.4 Å². The Morgan fingerprint density at radius 1 is 0.656 bits per heavy atom. The average Bonchev–Trinajstić information content (AvgIpc) is 3.32. The number of rotatable bonds is 1. The molecule has 0 unspecified atom stereocenters. The van der Waals surface area contributed by atoms with Gasteiger partial charge < -0.3 is 0 Å². The fourth-order valence-corrected chi connectivity index (χ4v) is 7.04. The number of pyridine rings is 1. The number of thiophene rings is 1. The molecule has 2 heteroatoms. The van der Waals surface area contributed by atoms with Gasteiger partial charge in [-0.25, -0.2) is 4.98 Å². The third kappa shape index (κ3) is 2.25. The minimum atomic E-state index is -0.0348. The Kier molecular flexibility index (Phi) is 3.55. The van der Waals surface area contributed by atoms with Crippen LogP contribution in [-0.4, -0.2) is 4.98 Å². The Balaban J connectivity index is 1.63. The maximum absolute atomic E-state index is 5.23. The van der Waals surface area contributed by atoms with Crippen LogP contribution in [-0.2, 0) is 5.41 Å². The second kappa shape index (κ2) is 6.27. The number of fused-ring (bicyclic) bond motifs is 8. The number of aromatic nitrogens is 1. The summed E-state index contributed by atoms with van der Waals surface area (Å²) in [6.07, 6.45) is 0. The van der Waals surface area contributed by atoms with Crippen LogP contribution in [0.1, 0.15) is 25.0 Å². The Morgan fingerprint density at radius 2 is 1.34 bits per heavy atom. The van der Waals surface area contributed by atoms with Crippen molar-refractivity contribution < 1.29 is 0 Å². The van der Waals surface area contributed by atoms with Gasteiger partial charge in [-0.2, -0.15) is 0 Å². The molecule has 4 aromatic carbocycles. The predicted molar refractivity (Wildman–Crippen MR) is 138 cm³/mol. The van der Waals surface area contributed by atoms with Crippen molar-refractivity contribution in [3.63, 3.8) is 0 Å². The van der Waals surface area contributed by atoms with Crippen molar-refractivity contribution in [1.82, 2.24) is 4.98 Å². The van der Waals surface area contributed by atoms with Crippen LogP contribution < -0.4 is 0 Å². The molecule has 2 heterocycles. The van der Waals surface area contributed by atoms with E-state index in [0.29, 0.717) is 0 Å². The maximum atomic E-state index is 5.23. The number of hydrogen-bond donors (Lipinski definition) is 0. The minimum Gasteiger partial charge on any atom is -0.247 e. The summed E-state index contributed by atoms with van der Waals surface area (Å²) in [5.74, 6) is 0. The molecule has 6 aromatic rings. The lowest BCUT2D eigenvalue weighted by atomic mass is 9.81. The zero-order valence-corrected chi connectivity index (χ0v) is 18.8. The van der Waals surface area contributed by atoms with Gasteiger partial charge in [0.1, 0.15) is 0 Å². The second-order valence-electron chi connectivity index (χ2n) is 9.18. The lowest BCUT2D eigenvalue weighted by molar-refractivity contribution is 0.667. The summed E-state index contributed by atoms with van der Waals surface area (Å²) in [6, 6.07) is 32.8. The summed E-state index contributed by atoms with van der Waals surface area (Å²) in [5, 5.41) is 5.07. The van der Waals surface area contributed by atoms with Crippen LogP contribution in [0.15, 0.2) is 91.0 Å². The second-order valence-corrected chi connectivity index (χ2v) is 10.2. The summed E-state index contributed by atoms with van der Waals surface area (Å²) in [6.45, 7) is 4.74. The van der Waals surface area contributed by atoms with Crippen LogP contribution in [0.25, 0.3) is 53.5 Å². The van der Waals surface area contributed by atoms with Crippen molar-refractivity contribution in [3.8, 4) is 21.7 Å². The predicted octanol–water partition coefficient (Wildman–Crippen LogP) is 8.58. The molecule has 0 amide bonds. The van der Waals surface area contributed by atoms with Crippen molar-refractivity contribution in [2.24, 2.45) is 0 Å². The highest BCUT2D eigenvalue weighted by Crippen LogP contribution is 2.57. The molecule has 0 aliphatic heterocycles. The zero-order chi connectivity index (χ0) is 21.4. The van der Waals surface area contributed by atoms with Crippen LogP contribution in [0.3, 0.4) is 0 Å². The van der Waals surface area contributed by atoms with Gasteiger partial charge in [-0.3, -0.25) is 0 Å². The van der Waals surface area contributed by atoms with Gasteiger partial charge in [-0.05, 0) is 34.0 Å². The van der Waals surface area contributed by atoms with Gasteiger partial charge >= 0.3 is 0 Å².